The minimum absolute atomic E-state index is 0.607. The van der Waals surface area contributed by atoms with Crippen LogP contribution < -0.4 is 5.32 Å². The van der Waals surface area contributed by atoms with Crippen molar-refractivity contribution in [3.8, 4) is 0 Å². The second kappa shape index (κ2) is 9.60. The Morgan fingerprint density at radius 2 is 1.90 bits per heavy atom. The van der Waals surface area contributed by atoms with E-state index in [9.17, 15) is 0 Å². The number of methoxy groups -OCH3 is 1. The molecular weight excluding hydrogens is 326 g/mol. The van der Waals surface area contributed by atoms with Gasteiger partial charge in [0.05, 0.1) is 6.61 Å². The lowest BCUT2D eigenvalue weighted by Gasteiger charge is -2.28. The lowest BCUT2D eigenvalue weighted by molar-refractivity contribution is 0.197. The zero-order valence-corrected chi connectivity index (χ0v) is 14.7. The van der Waals surface area contributed by atoms with Crippen LogP contribution in [-0.4, -0.2) is 26.8 Å². The van der Waals surface area contributed by atoms with Crippen molar-refractivity contribution in [2.24, 2.45) is 5.92 Å². The minimum atomic E-state index is 0.607. The zero-order valence-electron chi connectivity index (χ0n) is 13.1. The van der Waals surface area contributed by atoms with Crippen LogP contribution >= 0.6 is 15.9 Å². The van der Waals surface area contributed by atoms with Crippen molar-refractivity contribution < 1.29 is 4.74 Å². The lowest BCUT2D eigenvalue weighted by atomic mass is 9.81. The zero-order chi connectivity index (χ0) is 14.9. The van der Waals surface area contributed by atoms with Crippen molar-refractivity contribution in [3.63, 3.8) is 0 Å². The molecule has 0 saturated heterocycles. The van der Waals surface area contributed by atoms with Crippen molar-refractivity contribution in [3.05, 3.63) is 34.3 Å². The average molecular weight is 354 g/mol. The highest BCUT2D eigenvalue weighted by Gasteiger charge is 2.25. The predicted octanol–water partition coefficient (Wildman–Crippen LogP) is 4.74. The van der Waals surface area contributed by atoms with Gasteiger partial charge in [-0.2, -0.15) is 0 Å². The van der Waals surface area contributed by atoms with Crippen LogP contribution in [0.3, 0.4) is 0 Å². The first-order chi connectivity index (χ1) is 10.3. The van der Waals surface area contributed by atoms with E-state index >= 15 is 0 Å². The summed E-state index contributed by atoms with van der Waals surface area (Å²) in [7, 11) is 1.76. The quantitative estimate of drug-likeness (QED) is 0.564. The van der Waals surface area contributed by atoms with Crippen LogP contribution in [0.15, 0.2) is 28.7 Å². The summed E-state index contributed by atoms with van der Waals surface area (Å²) in [6.45, 7) is 2.77. The van der Waals surface area contributed by atoms with E-state index in [-0.39, 0.29) is 0 Å². The van der Waals surface area contributed by atoms with E-state index in [2.05, 4.69) is 45.5 Å². The molecule has 118 valence electrons. The van der Waals surface area contributed by atoms with Crippen LogP contribution in [0.4, 0.5) is 0 Å². The molecule has 0 heterocycles. The Balaban J connectivity index is 2.07. The van der Waals surface area contributed by atoms with Crippen molar-refractivity contribution in [2.45, 2.75) is 44.4 Å². The Hall–Kier alpha value is -0.380. The Morgan fingerprint density at radius 1 is 1.19 bits per heavy atom. The van der Waals surface area contributed by atoms with Gasteiger partial charge in [0.25, 0.3) is 0 Å². The van der Waals surface area contributed by atoms with E-state index in [0.717, 1.165) is 25.6 Å². The maximum atomic E-state index is 5.15. The maximum absolute atomic E-state index is 5.15. The van der Waals surface area contributed by atoms with Crippen molar-refractivity contribution >= 4 is 15.9 Å². The third-order valence-electron chi connectivity index (χ3n) is 4.62. The summed E-state index contributed by atoms with van der Waals surface area (Å²) in [5.41, 5.74) is 1.47. The predicted molar refractivity (Wildman–Crippen MR) is 92.8 cm³/mol. The van der Waals surface area contributed by atoms with Crippen molar-refractivity contribution in [1.29, 1.82) is 0 Å². The van der Waals surface area contributed by atoms with Gasteiger partial charge in [-0.25, -0.2) is 0 Å². The molecule has 2 rings (SSSR count). The molecule has 1 saturated carbocycles. The molecule has 21 heavy (non-hydrogen) atoms. The van der Waals surface area contributed by atoms with Gasteiger partial charge in [-0.05, 0) is 30.4 Å². The fourth-order valence-electron chi connectivity index (χ4n) is 3.45. The second-order valence-electron chi connectivity index (χ2n) is 6.08. The summed E-state index contributed by atoms with van der Waals surface area (Å²) < 4.78 is 6.40. The largest absolute Gasteiger partial charge is 0.383 e. The van der Waals surface area contributed by atoms with Gasteiger partial charge in [-0.3, -0.25) is 0 Å². The molecule has 0 radical (unpaired) electrons. The van der Waals surface area contributed by atoms with Crippen LogP contribution in [0.1, 0.15) is 50.0 Å². The SMILES string of the molecule is COCCNCC(c1ccccc1Br)C1CCCCCC1. The summed E-state index contributed by atoms with van der Waals surface area (Å²) in [4.78, 5) is 0. The van der Waals surface area contributed by atoms with Gasteiger partial charge in [-0.15, -0.1) is 0 Å². The van der Waals surface area contributed by atoms with Crippen LogP contribution in [0.2, 0.25) is 0 Å². The highest BCUT2D eigenvalue weighted by atomic mass is 79.9. The molecule has 1 aliphatic carbocycles. The molecule has 1 fully saturated rings. The van der Waals surface area contributed by atoms with Gasteiger partial charge < -0.3 is 10.1 Å². The number of hydrogen-bond acceptors (Lipinski definition) is 2. The number of benzene rings is 1. The number of hydrogen-bond donors (Lipinski definition) is 1. The van der Waals surface area contributed by atoms with Crippen LogP contribution in [-0.2, 0) is 4.74 Å². The van der Waals surface area contributed by atoms with E-state index in [1.54, 1.807) is 7.11 Å². The third kappa shape index (κ3) is 5.39. The topological polar surface area (TPSA) is 21.3 Å². The normalized spacial score (nSPS) is 18.4. The summed E-state index contributed by atoms with van der Waals surface area (Å²) in [5.74, 6) is 1.41. The average Bonchev–Trinajstić information content (AvgIpc) is 2.78. The van der Waals surface area contributed by atoms with Crippen LogP contribution in [0, 0.1) is 5.92 Å². The van der Waals surface area contributed by atoms with E-state index in [0.29, 0.717) is 5.92 Å². The summed E-state index contributed by atoms with van der Waals surface area (Å²) in [6.07, 6.45) is 8.36. The number of halogens is 1. The summed E-state index contributed by atoms with van der Waals surface area (Å²) in [5, 5.41) is 3.58. The Kier molecular flexibility index (Phi) is 7.76. The van der Waals surface area contributed by atoms with E-state index < -0.39 is 0 Å². The molecule has 1 aromatic rings. The number of nitrogens with one attached hydrogen (secondary N) is 1. The van der Waals surface area contributed by atoms with Gasteiger partial charge >= 0.3 is 0 Å². The maximum Gasteiger partial charge on any atom is 0.0587 e. The molecule has 0 aromatic heterocycles. The van der Waals surface area contributed by atoms with Gasteiger partial charge in [0.15, 0.2) is 0 Å². The lowest BCUT2D eigenvalue weighted by Crippen LogP contribution is -2.29. The number of ether oxygens (including phenoxy) is 1. The fraction of sp³-hybridized carbons (Fsp3) is 0.667. The van der Waals surface area contributed by atoms with Crippen molar-refractivity contribution in [2.75, 3.05) is 26.8 Å². The molecule has 2 nitrogen and oxygen atoms in total. The molecule has 0 aliphatic heterocycles. The first kappa shape index (κ1) is 17.0. The third-order valence-corrected chi connectivity index (χ3v) is 5.34. The summed E-state index contributed by atoms with van der Waals surface area (Å²) >= 11 is 3.75. The van der Waals surface area contributed by atoms with Crippen molar-refractivity contribution in [1.82, 2.24) is 5.32 Å². The standard InChI is InChI=1S/C18H28BrNO/c1-21-13-12-20-14-17(15-8-4-2-3-5-9-15)16-10-6-7-11-18(16)19/h6-7,10-11,15,17,20H,2-5,8-9,12-14H2,1H3. The summed E-state index contributed by atoms with van der Waals surface area (Å²) in [6, 6.07) is 8.74. The fourth-order valence-corrected chi connectivity index (χ4v) is 4.03. The molecule has 1 unspecified atom stereocenters. The molecule has 1 aromatic carbocycles. The Labute approximate surface area is 137 Å². The highest BCUT2D eigenvalue weighted by Crippen LogP contribution is 2.37. The van der Waals surface area contributed by atoms with Gasteiger partial charge in [0, 0.05) is 30.6 Å². The first-order valence-electron chi connectivity index (χ1n) is 8.27. The smallest absolute Gasteiger partial charge is 0.0587 e. The van der Waals surface area contributed by atoms with E-state index in [4.69, 9.17) is 4.74 Å². The molecule has 1 aliphatic rings. The van der Waals surface area contributed by atoms with Gasteiger partial charge in [-0.1, -0.05) is 59.8 Å². The van der Waals surface area contributed by atoms with Crippen LogP contribution in [0.5, 0.6) is 0 Å². The van der Waals surface area contributed by atoms with E-state index in [1.807, 2.05) is 0 Å². The van der Waals surface area contributed by atoms with Gasteiger partial charge in [0.2, 0.25) is 0 Å². The molecule has 0 bridgehead atoms. The highest BCUT2D eigenvalue weighted by molar-refractivity contribution is 9.10. The monoisotopic (exact) mass is 353 g/mol. The molecule has 1 N–H and O–H groups in total. The Morgan fingerprint density at radius 3 is 2.57 bits per heavy atom. The van der Waals surface area contributed by atoms with E-state index in [1.165, 1.54) is 48.6 Å². The number of rotatable bonds is 7. The first-order valence-corrected chi connectivity index (χ1v) is 9.06. The molecule has 3 heteroatoms. The second-order valence-corrected chi connectivity index (χ2v) is 6.93. The molecule has 0 spiro atoms. The van der Waals surface area contributed by atoms with Gasteiger partial charge in [0.1, 0.15) is 0 Å². The Bertz CT molecular complexity index is 402. The van der Waals surface area contributed by atoms with Crippen LogP contribution in [0.25, 0.3) is 0 Å². The molecule has 1 atom stereocenters. The molecular formula is C18H28BrNO. The molecule has 0 amide bonds. The minimum Gasteiger partial charge on any atom is -0.383 e.